The minimum atomic E-state index is -0.375. The molecule has 0 fully saturated rings. The molecule has 0 aliphatic rings. The number of imidazole rings is 1. The van der Waals surface area contributed by atoms with Crippen molar-refractivity contribution >= 4 is 39.1 Å². The van der Waals surface area contributed by atoms with E-state index in [0.29, 0.717) is 23.7 Å². The van der Waals surface area contributed by atoms with Gasteiger partial charge < -0.3 is 9.14 Å². The first-order chi connectivity index (χ1) is 10.6. The van der Waals surface area contributed by atoms with E-state index in [1.807, 2.05) is 16.8 Å². The summed E-state index contributed by atoms with van der Waals surface area (Å²) < 4.78 is 9.25. The van der Waals surface area contributed by atoms with Crippen LogP contribution in [0, 0.1) is 0 Å². The lowest BCUT2D eigenvalue weighted by molar-refractivity contribution is 0.0526. The molecule has 0 N–H and O–H groups in total. The molecule has 114 valence electrons. The highest BCUT2D eigenvalue weighted by Crippen LogP contribution is 2.23. The summed E-state index contributed by atoms with van der Waals surface area (Å²) in [4.78, 5) is 16.1. The van der Waals surface area contributed by atoms with Gasteiger partial charge in [0.2, 0.25) is 0 Å². The van der Waals surface area contributed by atoms with Crippen LogP contribution in [0.3, 0.4) is 0 Å². The zero-order chi connectivity index (χ0) is 15.7. The van der Waals surface area contributed by atoms with Crippen molar-refractivity contribution in [1.29, 1.82) is 0 Å². The average molecular weight is 384 g/mol. The predicted molar refractivity (Wildman–Crippen MR) is 85.2 cm³/mol. The van der Waals surface area contributed by atoms with Crippen LogP contribution in [-0.2, 0) is 11.3 Å². The second-order valence-corrected chi connectivity index (χ2v) is 5.88. The molecule has 0 amide bonds. The molecule has 0 aliphatic carbocycles. The van der Waals surface area contributed by atoms with Gasteiger partial charge in [-0.3, -0.25) is 4.68 Å². The Morgan fingerprint density at radius 2 is 2.23 bits per heavy atom. The van der Waals surface area contributed by atoms with E-state index in [0.717, 1.165) is 15.8 Å². The second-order valence-electron chi connectivity index (χ2n) is 4.61. The van der Waals surface area contributed by atoms with E-state index in [-0.39, 0.29) is 5.97 Å². The normalized spacial score (nSPS) is 11.0. The number of halogens is 2. The fourth-order valence-electron chi connectivity index (χ4n) is 2.05. The Morgan fingerprint density at radius 1 is 1.41 bits per heavy atom. The van der Waals surface area contributed by atoms with Crippen molar-refractivity contribution in [3.63, 3.8) is 0 Å². The quantitative estimate of drug-likeness (QED) is 0.649. The van der Waals surface area contributed by atoms with E-state index in [4.69, 9.17) is 16.3 Å². The topological polar surface area (TPSA) is 61.4 Å². The number of hydrogen-bond acceptors (Lipinski definition) is 4. The van der Waals surface area contributed by atoms with Gasteiger partial charge >= 0.3 is 5.97 Å². The predicted octanol–water partition coefficient (Wildman–Crippen LogP) is 3.17. The van der Waals surface area contributed by atoms with Gasteiger partial charge in [0.1, 0.15) is 5.65 Å². The smallest absolute Gasteiger partial charge is 0.341 e. The summed E-state index contributed by atoms with van der Waals surface area (Å²) in [6.07, 6.45) is 6.87. The number of aromatic nitrogens is 4. The van der Waals surface area contributed by atoms with Crippen molar-refractivity contribution in [3.8, 4) is 0 Å². The maximum Gasteiger partial charge on any atom is 0.341 e. The average Bonchev–Trinajstić information content (AvgIpc) is 3.07. The van der Waals surface area contributed by atoms with Crippen LogP contribution in [0.2, 0.25) is 5.02 Å². The highest BCUT2D eigenvalue weighted by Gasteiger charge is 2.11. The lowest BCUT2D eigenvalue weighted by atomic mass is 10.4. The van der Waals surface area contributed by atoms with Crippen LogP contribution in [0.25, 0.3) is 5.65 Å². The van der Waals surface area contributed by atoms with Gasteiger partial charge in [-0.15, -0.1) is 0 Å². The van der Waals surface area contributed by atoms with Gasteiger partial charge in [-0.2, -0.15) is 5.10 Å². The highest BCUT2D eigenvalue weighted by atomic mass is 79.9. The third kappa shape index (κ3) is 3.00. The number of carbonyl (C=O) groups excluding carboxylic acids is 1. The van der Waals surface area contributed by atoms with Crippen LogP contribution in [0.1, 0.15) is 23.0 Å². The van der Waals surface area contributed by atoms with Gasteiger partial charge in [0.15, 0.2) is 0 Å². The van der Waals surface area contributed by atoms with Crippen LogP contribution in [-0.4, -0.2) is 31.7 Å². The fourth-order valence-corrected chi connectivity index (χ4v) is 2.53. The van der Waals surface area contributed by atoms with Crippen molar-refractivity contribution in [2.45, 2.75) is 13.5 Å². The van der Waals surface area contributed by atoms with Crippen molar-refractivity contribution in [1.82, 2.24) is 19.2 Å². The van der Waals surface area contributed by atoms with Gasteiger partial charge in [0, 0.05) is 24.7 Å². The molecule has 0 aromatic carbocycles. The van der Waals surface area contributed by atoms with Crippen molar-refractivity contribution < 1.29 is 9.53 Å². The van der Waals surface area contributed by atoms with Crippen LogP contribution >= 0.6 is 27.5 Å². The number of ether oxygens (including phenoxy) is 1. The molecular weight excluding hydrogens is 372 g/mol. The molecule has 3 aromatic heterocycles. The first-order valence-corrected chi connectivity index (χ1v) is 7.76. The molecule has 0 saturated carbocycles. The summed E-state index contributed by atoms with van der Waals surface area (Å²) in [5.41, 5.74) is 1.99. The summed E-state index contributed by atoms with van der Waals surface area (Å²) in [7, 11) is 0. The Bertz CT molecular complexity index is 804. The number of hydrogen-bond donors (Lipinski definition) is 0. The third-order valence-electron chi connectivity index (χ3n) is 3.02. The minimum absolute atomic E-state index is 0.339. The molecule has 0 radical (unpaired) electrons. The van der Waals surface area contributed by atoms with Crippen LogP contribution in [0.5, 0.6) is 0 Å². The van der Waals surface area contributed by atoms with E-state index in [1.165, 1.54) is 6.20 Å². The Hall–Kier alpha value is -1.86. The van der Waals surface area contributed by atoms with E-state index in [1.54, 1.807) is 23.9 Å². The zero-order valence-electron chi connectivity index (χ0n) is 11.7. The maximum atomic E-state index is 11.6. The molecule has 0 bridgehead atoms. The molecule has 0 saturated heterocycles. The molecule has 0 unspecified atom stereocenters. The largest absolute Gasteiger partial charge is 0.462 e. The maximum absolute atomic E-state index is 11.6. The molecule has 3 rings (SSSR count). The molecule has 3 heterocycles. The Balaban J connectivity index is 1.82. The Labute approximate surface area is 139 Å². The van der Waals surface area contributed by atoms with E-state index >= 15 is 0 Å². The van der Waals surface area contributed by atoms with Crippen LogP contribution in [0.15, 0.2) is 35.3 Å². The Morgan fingerprint density at radius 3 is 3.00 bits per heavy atom. The molecule has 0 aliphatic heterocycles. The number of rotatable bonds is 4. The van der Waals surface area contributed by atoms with Gasteiger partial charge in [0.25, 0.3) is 0 Å². The third-order valence-corrected chi connectivity index (χ3v) is 4.19. The zero-order valence-corrected chi connectivity index (χ0v) is 14.0. The van der Waals surface area contributed by atoms with Crippen LogP contribution < -0.4 is 0 Å². The molecule has 0 atom stereocenters. The minimum Gasteiger partial charge on any atom is -0.462 e. The molecule has 0 spiro atoms. The van der Waals surface area contributed by atoms with Crippen molar-refractivity contribution in [2.75, 3.05) is 6.61 Å². The molecular formula is C14H12BrClN4O2. The van der Waals surface area contributed by atoms with Gasteiger partial charge in [0.05, 0.1) is 40.1 Å². The standard InChI is InChI=1S/C14H12BrClN4O2/c1-2-22-14(21)9-4-17-20(5-9)7-10-6-19-8-11(15)12(16)3-13(19)18-10/h3-6,8H,2,7H2,1H3. The first-order valence-electron chi connectivity index (χ1n) is 6.59. The van der Waals surface area contributed by atoms with Gasteiger partial charge in [-0.25, -0.2) is 9.78 Å². The van der Waals surface area contributed by atoms with E-state index in [9.17, 15) is 4.79 Å². The molecule has 6 nitrogen and oxygen atoms in total. The molecule has 3 aromatic rings. The SMILES string of the molecule is CCOC(=O)c1cnn(Cc2cn3cc(Br)c(Cl)cc3n2)c1. The van der Waals surface area contributed by atoms with Gasteiger partial charge in [-0.1, -0.05) is 11.6 Å². The highest BCUT2D eigenvalue weighted by molar-refractivity contribution is 9.10. The van der Waals surface area contributed by atoms with Crippen molar-refractivity contribution in [3.05, 3.63) is 51.6 Å². The second kappa shape index (κ2) is 6.10. The lowest BCUT2D eigenvalue weighted by Gasteiger charge is -1.97. The fraction of sp³-hybridized carbons (Fsp3) is 0.214. The monoisotopic (exact) mass is 382 g/mol. The number of pyridine rings is 1. The Kier molecular flexibility index (Phi) is 4.17. The van der Waals surface area contributed by atoms with E-state index < -0.39 is 0 Å². The van der Waals surface area contributed by atoms with Crippen LogP contribution in [0.4, 0.5) is 0 Å². The lowest BCUT2D eigenvalue weighted by Crippen LogP contribution is -2.04. The number of fused-ring (bicyclic) bond motifs is 1. The summed E-state index contributed by atoms with van der Waals surface area (Å²) in [6.45, 7) is 2.56. The summed E-state index contributed by atoms with van der Waals surface area (Å²) in [5.74, 6) is -0.375. The van der Waals surface area contributed by atoms with E-state index in [2.05, 4.69) is 26.0 Å². The molecule has 8 heteroatoms. The van der Waals surface area contributed by atoms with Crippen molar-refractivity contribution in [2.24, 2.45) is 0 Å². The number of nitrogens with zero attached hydrogens (tertiary/aromatic N) is 4. The summed E-state index contributed by atoms with van der Waals surface area (Å²) >= 11 is 9.43. The van der Waals surface area contributed by atoms with Gasteiger partial charge in [-0.05, 0) is 22.9 Å². The molecule has 22 heavy (non-hydrogen) atoms. The number of esters is 1. The number of carbonyl (C=O) groups is 1. The summed E-state index contributed by atoms with van der Waals surface area (Å²) in [6, 6.07) is 1.78. The summed E-state index contributed by atoms with van der Waals surface area (Å²) in [5, 5.41) is 4.76. The first kappa shape index (κ1) is 15.1.